The number of nitrogens with zero attached hydrogens (tertiary/aromatic N) is 1. The summed E-state index contributed by atoms with van der Waals surface area (Å²) in [6.45, 7) is 1.84. The number of halogens is 1. The number of benzene rings is 2. The van der Waals surface area contributed by atoms with E-state index in [1.54, 1.807) is 7.11 Å². The molecule has 2 aromatic carbocycles. The lowest BCUT2D eigenvalue weighted by Gasteiger charge is -2.28. The molecule has 2 aromatic rings. The van der Waals surface area contributed by atoms with Gasteiger partial charge < -0.3 is 14.8 Å². The van der Waals surface area contributed by atoms with Gasteiger partial charge in [-0.05, 0) is 49.7 Å². The van der Waals surface area contributed by atoms with Crippen molar-refractivity contribution in [2.24, 2.45) is 0 Å². The zero-order valence-corrected chi connectivity index (χ0v) is 18.6. The number of likely N-dealkylation sites (tertiary alicyclic amines) is 1. The summed E-state index contributed by atoms with van der Waals surface area (Å²) in [4.78, 5) is 13.7. The van der Waals surface area contributed by atoms with Crippen LogP contribution in [0.15, 0.2) is 41.3 Å². The van der Waals surface area contributed by atoms with Gasteiger partial charge in [0.05, 0.1) is 17.8 Å². The van der Waals surface area contributed by atoms with E-state index in [2.05, 4.69) is 14.9 Å². The molecule has 2 aliphatic rings. The molecule has 2 aliphatic heterocycles. The van der Waals surface area contributed by atoms with Crippen LogP contribution in [-0.2, 0) is 14.8 Å². The summed E-state index contributed by atoms with van der Waals surface area (Å²) in [6, 6.07) is 10.3. The van der Waals surface area contributed by atoms with Crippen LogP contribution in [-0.4, -0.2) is 52.6 Å². The van der Waals surface area contributed by atoms with Crippen molar-refractivity contribution < 1.29 is 22.7 Å². The molecule has 8 nitrogen and oxygen atoms in total. The predicted molar refractivity (Wildman–Crippen MR) is 117 cm³/mol. The SMILES string of the molecule is COc1ccc(C(CNS(=O)(=O)c2cc3c(cc2Cl)NC(=O)CO3)N2CCCC2)cc1. The van der Waals surface area contributed by atoms with Crippen molar-refractivity contribution in [3.8, 4) is 11.5 Å². The largest absolute Gasteiger partial charge is 0.497 e. The third-order valence-electron chi connectivity index (χ3n) is 5.51. The number of carbonyl (C=O) groups is 1. The molecule has 10 heteroatoms. The van der Waals surface area contributed by atoms with E-state index in [0.717, 1.165) is 37.2 Å². The van der Waals surface area contributed by atoms with Gasteiger partial charge in [-0.1, -0.05) is 23.7 Å². The van der Waals surface area contributed by atoms with Gasteiger partial charge in [0.1, 0.15) is 16.4 Å². The smallest absolute Gasteiger partial charge is 0.262 e. The van der Waals surface area contributed by atoms with Gasteiger partial charge in [0.2, 0.25) is 10.0 Å². The highest BCUT2D eigenvalue weighted by Gasteiger charge is 2.28. The topological polar surface area (TPSA) is 97.0 Å². The van der Waals surface area contributed by atoms with Crippen LogP contribution < -0.4 is 19.5 Å². The Kier molecular flexibility index (Phi) is 6.38. The number of sulfonamides is 1. The highest BCUT2D eigenvalue weighted by molar-refractivity contribution is 7.89. The molecule has 1 fully saturated rings. The van der Waals surface area contributed by atoms with Gasteiger partial charge in [0, 0.05) is 18.7 Å². The molecule has 0 spiro atoms. The zero-order chi connectivity index (χ0) is 22.0. The van der Waals surface area contributed by atoms with Crippen molar-refractivity contribution in [1.82, 2.24) is 9.62 Å². The quantitative estimate of drug-likeness (QED) is 0.652. The van der Waals surface area contributed by atoms with Crippen molar-refractivity contribution in [2.45, 2.75) is 23.8 Å². The van der Waals surface area contributed by atoms with Gasteiger partial charge >= 0.3 is 0 Å². The maximum Gasteiger partial charge on any atom is 0.262 e. The van der Waals surface area contributed by atoms with Crippen LogP contribution in [0.1, 0.15) is 24.4 Å². The third-order valence-corrected chi connectivity index (χ3v) is 7.39. The lowest BCUT2D eigenvalue weighted by atomic mass is 10.1. The summed E-state index contributed by atoms with van der Waals surface area (Å²) in [5.41, 5.74) is 1.36. The molecule has 4 rings (SSSR count). The van der Waals surface area contributed by atoms with Gasteiger partial charge in [-0.3, -0.25) is 9.69 Å². The number of amides is 1. The Bertz CT molecular complexity index is 1070. The lowest BCUT2D eigenvalue weighted by molar-refractivity contribution is -0.118. The van der Waals surface area contributed by atoms with Gasteiger partial charge in [-0.2, -0.15) is 0 Å². The molecule has 0 saturated carbocycles. The maximum absolute atomic E-state index is 13.1. The standard InChI is InChI=1S/C21H24ClN3O5S/c1-29-15-6-4-14(5-7-15)18(25-8-2-3-9-25)12-23-31(27,28)20-11-19-17(10-16(20)22)24-21(26)13-30-19/h4-7,10-11,18,23H,2-3,8-9,12-13H2,1H3,(H,24,26). The van der Waals surface area contributed by atoms with Crippen LogP contribution >= 0.6 is 11.6 Å². The number of carbonyl (C=O) groups excluding carboxylic acids is 1. The zero-order valence-electron chi connectivity index (χ0n) is 17.1. The summed E-state index contributed by atoms with van der Waals surface area (Å²) in [7, 11) is -2.30. The summed E-state index contributed by atoms with van der Waals surface area (Å²) in [5, 5.41) is 2.63. The first-order chi connectivity index (χ1) is 14.9. The van der Waals surface area contributed by atoms with Crippen LogP contribution in [0.3, 0.4) is 0 Å². The first-order valence-corrected chi connectivity index (χ1v) is 11.9. The van der Waals surface area contributed by atoms with Gasteiger partial charge in [0.15, 0.2) is 6.61 Å². The van der Waals surface area contributed by atoms with Crippen LogP contribution in [0.25, 0.3) is 0 Å². The Morgan fingerprint density at radius 1 is 1.23 bits per heavy atom. The summed E-state index contributed by atoms with van der Waals surface area (Å²) >= 11 is 6.24. The number of nitrogens with one attached hydrogen (secondary N) is 2. The molecule has 2 heterocycles. The second-order valence-electron chi connectivity index (χ2n) is 7.50. The fraction of sp³-hybridized carbons (Fsp3) is 0.381. The van der Waals surface area contributed by atoms with E-state index in [-0.39, 0.29) is 40.8 Å². The van der Waals surface area contributed by atoms with E-state index in [1.807, 2.05) is 24.3 Å². The minimum absolute atomic E-state index is 0.0132. The number of anilines is 1. The molecule has 1 saturated heterocycles. The minimum atomic E-state index is -3.91. The molecule has 2 N–H and O–H groups in total. The number of methoxy groups -OCH3 is 1. The number of hydrogen-bond acceptors (Lipinski definition) is 6. The minimum Gasteiger partial charge on any atom is -0.497 e. The highest BCUT2D eigenvalue weighted by atomic mass is 35.5. The Morgan fingerprint density at radius 3 is 2.61 bits per heavy atom. The molecule has 1 amide bonds. The summed E-state index contributed by atoms with van der Waals surface area (Å²) < 4.78 is 39.4. The average molecular weight is 466 g/mol. The molecule has 166 valence electrons. The van der Waals surface area contributed by atoms with Crippen molar-refractivity contribution in [2.75, 3.05) is 38.7 Å². The average Bonchev–Trinajstić information content (AvgIpc) is 3.28. The number of rotatable bonds is 7. The summed E-state index contributed by atoms with van der Waals surface area (Å²) in [6.07, 6.45) is 2.16. The normalized spacial score (nSPS) is 17.5. The molecular weight excluding hydrogens is 442 g/mol. The van der Waals surface area contributed by atoms with Crippen molar-refractivity contribution in [3.05, 3.63) is 47.0 Å². The molecule has 0 aromatic heterocycles. The van der Waals surface area contributed by atoms with E-state index in [4.69, 9.17) is 21.1 Å². The Labute approximate surface area is 186 Å². The molecular formula is C21H24ClN3O5S. The van der Waals surface area contributed by atoms with Crippen LogP contribution in [0.5, 0.6) is 11.5 Å². The molecule has 0 bridgehead atoms. The Hall–Kier alpha value is -2.33. The lowest BCUT2D eigenvalue weighted by Crippen LogP contribution is -2.37. The van der Waals surface area contributed by atoms with Crippen molar-refractivity contribution in [3.63, 3.8) is 0 Å². The van der Waals surface area contributed by atoms with Crippen molar-refractivity contribution in [1.29, 1.82) is 0 Å². The van der Waals surface area contributed by atoms with Gasteiger partial charge in [-0.25, -0.2) is 13.1 Å². The third kappa shape index (κ3) is 4.79. The number of ether oxygens (including phenoxy) is 2. The number of hydrogen-bond donors (Lipinski definition) is 2. The summed E-state index contributed by atoms with van der Waals surface area (Å²) in [5.74, 6) is 0.707. The van der Waals surface area contributed by atoms with Gasteiger partial charge in [0.25, 0.3) is 5.91 Å². The number of fused-ring (bicyclic) bond motifs is 1. The fourth-order valence-electron chi connectivity index (χ4n) is 3.89. The second kappa shape index (κ2) is 9.04. The molecule has 1 unspecified atom stereocenters. The fourth-order valence-corrected chi connectivity index (χ4v) is 5.47. The van der Waals surface area contributed by atoms with E-state index >= 15 is 0 Å². The highest BCUT2D eigenvalue weighted by Crippen LogP contribution is 2.36. The van der Waals surface area contributed by atoms with E-state index in [0.29, 0.717) is 5.69 Å². The molecule has 0 radical (unpaired) electrons. The van der Waals surface area contributed by atoms with E-state index in [1.165, 1.54) is 12.1 Å². The Balaban J connectivity index is 1.56. The Morgan fingerprint density at radius 2 is 1.94 bits per heavy atom. The van der Waals surface area contributed by atoms with E-state index < -0.39 is 10.0 Å². The molecule has 1 atom stereocenters. The first kappa shape index (κ1) is 21.9. The van der Waals surface area contributed by atoms with Crippen molar-refractivity contribution >= 4 is 33.2 Å². The maximum atomic E-state index is 13.1. The van der Waals surface area contributed by atoms with Crippen LogP contribution in [0.2, 0.25) is 5.02 Å². The van der Waals surface area contributed by atoms with E-state index in [9.17, 15) is 13.2 Å². The first-order valence-electron chi connectivity index (χ1n) is 10.0. The monoisotopic (exact) mass is 465 g/mol. The van der Waals surface area contributed by atoms with Crippen LogP contribution in [0.4, 0.5) is 5.69 Å². The van der Waals surface area contributed by atoms with Gasteiger partial charge in [-0.15, -0.1) is 0 Å². The molecule has 31 heavy (non-hydrogen) atoms. The second-order valence-corrected chi connectivity index (χ2v) is 9.64. The molecule has 0 aliphatic carbocycles. The van der Waals surface area contributed by atoms with Crippen LogP contribution in [0, 0.1) is 0 Å². The predicted octanol–water partition coefficient (Wildman–Crippen LogP) is 2.79.